The predicted molar refractivity (Wildman–Crippen MR) is 50.9 cm³/mol. The molecule has 11 heavy (non-hydrogen) atoms. The topological polar surface area (TPSA) is 21.6 Å². The molecule has 0 radical (unpaired) electrons. The fraction of sp³-hybridized carbons (Fsp3) is 0.143. The van der Waals surface area contributed by atoms with Gasteiger partial charge in [0, 0.05) is 0 Å². The second kappa shape index (κ2) is 4.43. The highest BCUT2D eigenvalue weighted by Crippen LogP contribution is 2.17. The molecule has 0 bridgehead atoms. The molecule has 0 saturated carbocycles. The lowest BCUT2D eigenvalue weighted by atomic mass is 10.2. The molecule has 0 aliphatic rings. The van der Waals surface area contributed by atoms with Crippen LogP contribution in [0, 0.1) is 6.92 Å². The van der Waals surface area contributed by atoms with Gasteiger partial charge < -0.3 is 4.52 Å². The Bertz CT molecular complexity index is 245. The molecular weight excluding hydrogens is 176 g/mol. The second-order valence-electron chi connectivity index (χ2n) is 2.10. The summed E-state index contributed by atoms with van der Waals surface area (Å²) in [5.74, 6) is 0.850. The molecule has 58 valence electrons. The molecule has 1 aromatic carbocycles. The highest BCUT2D eigenvalue weighted by Gasteiger charge is 1.88. The number of hydrogen-bond acceptors (Lipinski definition) is 2. The van der Waals surface area contributed by atoms with Crippen molar-refractivity contribution in [3.8, 4) is 5.75 Å². The van der Waals surface area contributed by atoms with Crippen LogP contribution < -0.4 is 4.52 Å². The average molecular weight is 185 g/mol. The van der Waals surface area contributed by atoms with Gasteiger partial charge in [0.05, 0.1) is 0 Å². The molecule has 1 rings (SSSR count). The van der Waals surface area contributed by atoms with E-state index in [0.29, 0.717) is 8.60 Å². The van der Waals surface area contributed by atoms with Gasteiger partial charge in [0.15, 0.2) is 0 Å². The number of aryl methyl sites for hydroxylation is 1. The number of benzene rings is 1. The van der Waals surface area contributed by atoms with Gasteiger partial charge in [0.25, 0.3) is 0 Å². The van der Waals surface area contributed by atoms with E-state index in [2.05, 4.69) is 13.9 Å². The van der Waals surface area contributed by atoms with Crippen LogP contribution in [0.4, 0.5) is 0 Å². The van der Waals surface area contributed by atoms with Crippen molar-refractivity contribution in [2.75, 3.05) is 0 Å². The van der Waals surface area contributed by atoms with Crippen LogP contribution in [0.3, 0.4) is 0 Å². The van der Waals surface area contributed by atoms with Crippen molar-refractivity contribution >= 4 is 18.0 Å². The van der Waals surface area contributed by atoms with Gasteiger partial charge in [-0.2, -0.15) is 0 Å². The Labute approximate surface area is 70.2 Å². The van der Waals surface area contributed by atoms with Crippen LogP contribution in [-0.2, 0) is 0 Å². The van der Waals surface area contributed by atoms with E-state index in [1.54, 1.807) is 0 Å². The van der Waals surface area contributed by atoms with Crippen LogP contribution in [0.15, 0.2) is 28.8 Å². The summed E-state index contributed by atoms with van der Waals surface area (Å²) in [6.07, 6.45) is 0. The first-order valence-electron chi connectivity index (χ1n) is 3.17. The molecule has 0 N–H and O–H groups in total. The van der Waals surface area contributed by atoms with Gasteiger partial charge in [0.2, 0.25) is 8.60 Å². The van der Waals surface area contributed by atoms with E-state index >= 15 is 0 Å². The molecule has 0 amide bonds. The molecule has 1 unspecified atom stereocenters. The van der Waals surface area contributed by atoms with E-state index in [1.165, 1.54) is 5.56 Å². The summed E-state index contributed by atoms with van der Waals surface area (Å²) in [7, 11) is 2.86. The molecule has 0 saturated heterocycles. The highest BCUT2D eigenvalue weighted by molar-refractivity contribution is 7.31. The summed E-state index contributed by atoms with van der Waals surface area (Å²) in [4.78, 5) is 0. The van der Waals surface area contributed by atoms with Crippen LogP contribution in [0.25, 0.3) is 0 Å². The first-order chi connectivity index (χ1) is 5.33. The number of rotatable bonds is 2. The summed E-state index contributed by atoms with van der Waals surface area (Å²) >= 11 is 0. The zero-order valence-electron chi connectivity index (χ0n) is 6.19. The monoisotopic (exact) mass is 185 g/mol. The van der Waals surface area contributed by atoms with Gasteiger partial charge in [-0.15, -0.1) is 0 Å². The quantitative estimate of drug-likeness (QED) is 0.648. The van der Waals surface area contributed by atoms with Crippen LogP contribution in [0.5, 0.6) is 5.75 Å². The highest BCUT2D eigenvalue weighted by atomic mass is 31.1. The molecule has 0 heterocycles. The lowest BCUT2D eigenvalue weighted by Crippen LogP contribution is -1.74. The third-order valence-electron chi connectivity index (χ3n) is 1.21. The van der Waals surface area contributed by atoms with Crippen molar-refractivity contribution in [3.05, 3.63) is 29.8 Å². The van der Waals surface area contributed by atoms with Gasteiger partial charge in [0.1, 0.15) is 5.75 Å². The van der Waals surface area contributed by atoms with Crippen LogP contribution in [0.1, 0.15) is 5.56 Å². The molecule has 0 fully saturated rings. The minimum atomic E-state index is 0.616. The largest absolute Gasteiger partial charge is 0.423 e. The maximum atomic E-state index is 5.19. The lowest BCUT2D eigenvalue weighted by Gasteiger charge is -1.96. The predicted octanol–water partition coefficient (Wildman–Crippen LogP) is 3.21. The van der Waals surface area contributed by atoms with Crippen molar-refractivity contribution in [1.29, 1.82) is 0 Å². The standard InChI is InChI=1S/C7H9NOP2/c1-6-2-4-7(5-3-6)9-11-8-10/h2-5H,10H2,1H3. The molecule has 2 nitrogen and oxygen atoms in total. The van der Waals surface area contributed by atoms with Crippen molar-refractivity contribution in [3.63, 3.8) is 0 Å². The van der Waals surface area contributed by atoms with Crippen molar-refractivity contribution < 1.29 is 4.52 Å². The van der Waals surface area contributed by atoms with Crippen LogP contribution >= 0.6 is 18.0 Å². The van der Waals surface area contributed by atoms with Crippen molar-refractivity contribution in [2.45, 2.75) is 6.92 Å². The maximum absolute atomic E-state index is 5.19. The summed E-state index contributed by atoms with van der Waals surface area (Å²) in [5.41, 5.74) is 1.23. The Hall–Kier alpha value is -0.450. The van der Waals surface area contributed by atoms with Gasteiger partial charge in [-0.1, -0.05) is 17.7 Å². The van der Waals surface area contributed by atoms with E-state index < -0.39 is 0 Å². The van der Waals surface area contributed by atoms with E-state index in [1.807, 2.05) is 31.2 Å². The Morgan fingerprint density at radius 3 is 2.55 bits per heavy atom. The fourth-order valence-corrected chi connectivity index (χ4v) is 1.07. The number of nitrogens with zero attached hydrogens (tertiary/aromatic N) is 1. The molecule has 4 heteroatoms. The lowest BCUT2D eigenvalue weighted by molar-refractivity contribution is 0.639. The first-order valence-corrected chi connectivity index (χ1v) is 4.45. The molecule has 0 aliphatic carbocycles. The van der Waals surface area contributed by atoms with Gasteiger partial charge in [-0.25, -0.2) is 4.52 Å². The van der Waals surface area contributed by atoms with E-state index in [-0.39, 0.29) is 0 Å². The summed E-state index contributed by atoms with van der Waals surface area (Å²) < 4.78 is 8.91. The summed E-state index contributed by atoms with van der Waals surface area (Å²) in [6.45, 7) is 2.04. The Balaban J connectivity index is 2.66. The SMILES string of the molecule is Cc1ccc(OP=NP)cc1. The van der Waals surface area contributed by atoms with E-state index in [0.717, 1.165) is 5.75 Å². The molecular formula is C7H9NOP2. The summed E-state index contributed by atoms with van der Waals surface area (Å²) in [6, 6.07) is 7.87. The van der Waals surface area contributed by atoms with Crippen LogP contribution in [0.2, 0.25) is 0 Å². The minimum Gasteiger partial charge on any atom is -0.423 e. The number of hydrogen-bond donors (Lipinski definition) is 0. The summed E-state index contributed by atoms with van der Waals surface area (Å²) in [5, 5.41) is 0. The first kappa shape index (κ1) is 8.64. The smallest absolute Gasteiger partial charge is 0.245 e. The fourth-order valence-electron chi connectivity index (χ4n) is 0.670. The van der Waals surface area contributed by atoms with Crippen molar-refractivity contribution in [2.24, 2.45) is 4.52 Å². The Morgan fingerprint density at radius 2 is 2.00 bits per heavy atom. The molecule has 0 aromatic heterocycles. The Morgan fingerprint density at radius 1 is 1.36 bits per heavy atom. The zero-order valence-corrected chi connectivity index (χ0v) is 8.24. The average Bonchev–Trinajstić information content (AvgIpc) is 2.04. The van der Waals surface area contributed by atoms with E-state index in [4.69, 9.17) is 4.52 Å². The maximum Gasteiger partial charge on any atom is 0.245 e. The normalized spacial score (nSPS) is 10.4. The third-order valence-corrected chi connectivity index (χ3v) is 1.88. The van der Waals surface area contributed by atoms with Crippen LogP contribution in [-0.4, -0.2) is 0 Å². The van der Waals surface area contributed by atoms with Gasteiger partial charge in [-0.05, 0) is 28.4 Å². The van der Waals surface area contributed by atoms with E-state index in [9.17, 15) is 0 Å². The molecule has 0 aliphatic heterocycles. The zero-order chi connectivity index (χ0) is 8.10. The molecule has 1 atom stereocenters. The third kappa shape index (κ3) is 2.96. The van der Waals surface area contributed by atoms with Crippen molar-refractivity contribution in [1.82, 2.24) is 0 Å². The van der Waals surface area contributed by atoms with Gasteiger partial charge in [-0.3, -0.25) is 0 Å². The van der Waals surface area contributed by atoms with Gasteiger partial charge >= 0.3 is 0 Å². The molecule has 1 aromatic rings. The molecule has 0 spiro atoms. The Kier molecular flexibility index (Phi) is 3.48. The second-order valence-corrected chi connectivity index (χ2v) is 3.37. The minimum absolute atomic E-state index is 0.616.